The van der Waals surface area contributed by atoms with Crippen molar-refractivity contribution in [3.63, 3.8) is 0 Å². The number of aromatic nitrogens is 6. The van der Waals surface area contributed by atoms with Crippen LogP contribution < -0.4 is 0 Å². The predicted octanol–water partition coefficient (Wildman–Crippen LogP) is 5.42. The molecule has 0 spiro atoms. The molecule has 0 unspecified atom stereocenters. The van der Waals surface area contributed by atoms with Crippen molar-refractivity contribution in [1.82, 2.24) is 30.2 Å². The summed E-state index contributed by atoms with van der Waals surface area (Å²) < 4.78 is 17.0. The molecule has 0 saturated carbocycles. The van der Waals surface area contributed by atoms with Gasteiger partial charge in [-0.15, -0.1) is 16.4 Å². The Kier molecular flexibility index (Phi) is 6.89. The van der Waals surface area contributed by atoms with Crippen molar-refractivity contribution in [3.8, 4) is 0 Å². The quantitative estimate of drug-likeness (QED) is 0.364. The summed E-state index contributed by atoms with van der Waals surface area (Å²) in [5.41, 5.74) is 2.10. The van der Waals surface area contributed by atoms with E-state index in [-0.39, 0.29) is 0 Å². The fraction of sp³-hybridized carbons (Fsp3) is 0.273. The summed E-state index contributed by atoms with van der Waals surface area (Å²) in [5.74, 6) is 0.708. The predicted molar refractivity (Wildman–Crippen MR) is 121 cm³/mol. The fourth-order valence-corrected chi connectivity index (χ4v) is 4.31. The van der Waals surface area contributed by atoms with Crippen molar-refractivity contribution < 1.29 is 4.39 Å². The zero-order valence-corrected chi connectivity index (χ0v) is 18.6. The van der Waals surface area contributed by atoms with Gasteiger partial charge in [0.25, 0.3) is 0 Å². The van der Waals surface area contributed by atoms with Gasteiger partial charge in [0.15, 0.2) is 5.82 Å². The minimum atomic E-state index is -0.505. The molecule has 4 aromatic rings. The van der Waals surface area contributed by atoms with E-state index in [1.807, 2.05) is 46.3 Å². The molecule has 0 aliphatic rings. The maximum atomic E-state index is 15.1. The van der Waals surface area contributed by atoms with Crippen molar-refractivity contribution in [2.24, 2.45) is 0 Å². The van der Waals surface area contributed by atoms with E-state index >= 15 is 4.39 Å². The first-order valence-electron chi connectivity index (χ1n) is 10.1. The summed E-state index contributed by atoms with van der Waals surface area (Å²) in [6.45, 7) is 2.54. The molecule has 4 rings (SSSR count). The number of thiophene rings is 1. The third kappa shape index (κ3) is 5.08. The number of nitrogens with zero attached hydrogens (tertiary/aromatic N) is 5. The number of nitrogens with one attached hydrogen (secondary N) is 1. The summed E-state index contributed by atoms with van der Waals surface area (Å²) in [7, 11) is 0. The molecule has 160 valence electrons. The Bertz CT molecular complexity index is 1150. The van der Waals surface area contributed by atoms with Crippen LogP contribution in [-0.2, 0) is 19.4 Å². The summed E-state index contributed by atoms with van der Waals surface area (Å²) in [4.78, 5) is 5.39. The number of hydrogen-bond acceptors (Lipinski definition) is 5. The highest BCUT2D eigenvalue weighted by atomic mass is 35.5. The van der Waals surface area contributed by atoms with Crippen molar-refractivity contribution in [2.75, 3.05) is 0 Å². The number of imidazole rings is 1. The number of allylic oxidation sites excluding steroid dienone is 1. The van der Waals surface area contributed by atoms with Gasteiger partial charge in [0.05, 0.1) is 12.2 Å². The second-order valence-corrected chi connectivity index (χ2v) is 8.60. The van der Waals surface area contributed by atoms with Crippen LogP contribution in [0.5, 0.6) is 0 Å². The molecule has 0 bridgehead atoms. The lowest BCUT2D eigenvalue weighted by Crippen LogP contribution is -2.08. The lowest BCUT2D eigenvalue weighted by atomic mass is 10.1. The number of hydrogen-bond donors (Lipinski definition) is 1. The maximum Gasteiger partial charge on any atom is 0.238 e. The summed E-state index contributed by atoms with van der Waals surface area (Å²) in [6, 6.07) is 11.6. The van der Waals surface area contributed by atoms with E-state index in [2.05, 4.69) is 32.5 Å². The molecule has 3 heterocycles. The van der Waals surface area contributed by atoms with Crippen LogP contribution in [-0.4, -0.2) is 30.2 Å². The van der Waals surface area contributed by atoms with E-state index in [4.69, 9.17) is 11.6 Å². The number of benzene rings is 1. The topological polar surface area (TPSA) is 72.3 Å². The number of aromatic amines is 1. The number of rotatable bonds is 9. The monoisotopic (exact) mass is 456 g/mol. The van der Waals surface area contributed by atoms with Crippen LogP contribution in [0.1, 0.15) is 47.5 Å². The Balaban J connectivity index is 1.79. The van der Waals surface area contributed by atoms with Crippen LogP contribution in [0.2, 0.25) is 5.02 Å². The molecular formula is C22H22ClFN6S. The molecular weight excluding hydrogens is 435 g/mol. The molecule has 0 radical (unpaired) electrons. The van der Waals surface area contributed by atoms with Crippen molar-refractivity contribution in [2.45, 2.75) is 39.2 Å². The Morgan fingerprint density at radius 3 is 2.84 bits per heavy atom. The van der Waals surface area contributed by atoms with Crippen LogP contribution in [0.25, 0.3) is 11.6 Å². The van der Waals surface area contributed by atoms with Gasteiger partial charge in [-0.2, -0.15) is 4.39 Å². The standard InChI is InChI=1S/C22H22ClFN6S/c1-2-3-10-20-25-21(24)19(30(20)14-15-7-4-5-9-18(15)23)13-16(22-26-28-29-27-22)12-17-8-6-11-31-17/h4-9,11,13H,2-3,10,12,14H2,1H3,(H,26,27,28,29)/b16-13-. The third-order valence-electron chi connectivity index (χ3n) is 4.99. The fourth-order valence-electron chi connectivity index (χ4n) is 3.38. The first kappa shape index (κ1) is 21.4. The number of aryl methyl sites for hydroxylation is 1. The molecule has 1 aromatic carbocycles. The second-order valence-electron chi connectivity index (χ2n) is 7.16. The lowest BCUT2D eigenvalue weighted by molar-refractivity contribution is 0.582. The molecule has 0 saturated heterocycles. The highest BCUT2D eigenvalue weighted by Crippen LogP contribution is 2.26. The zero-order valence-electron chi connectivity index (χ0n) is 17.1. The zero-order chi connectivity index (χ0) is 21.6. The van der Waals surface area contributed by atoms with Gasteiger partial charge in [0.2, 0.25) is 5.95 Å². The molecule has 0 aliphatic heterocycles. The minimum Gasteiger partial charge on any atom is -0.321 e. The molecule has 9 heteroatoms. The van der Waals surface area contributed by atoms with Crippen LogP contribution in [0.4, 0.5) is 4.39 Å². The smallest absolute Gasteiger partial charge is 0.238 e. The molecule has 6 nitrogen and oxygen atoms in total. The van der Waals surface area contributed by atoms with Gasteiger partial charge < -0.3 is 4.57 Å². The van der Waals surface area contributed by atoms with Crippen molar-refractivity contribution >= 4 is 34.6 Å². The molecule has 31 heavy (non-hydrogen) atoms. The van der Waals surface area contributed by atoms with Gasteiger partial charge in [-0.05, 0) is 46.0 Å². The van der Waals surface area contributed by atoms with Crippen molar-refractivity contribution in [3.05, 3.63) is 80.5 Å². The summed E-state index contributed by atoms with van der Waals surface area (Å²) in [5, 5.41) is 16.9. The SMILES string of the molecule is CCCCc1nc(F)c(/C=C(/Cc2cccs2)c2nnn[nH]2)n1Cc1ccccc1Cl. The van der Waals surface area contributed by atoms with Crippen LogP contribution >= 0.6 is 22.9 Å². The van der Waals surface area contributed by atoms with Gasteiger partial charge in [0, 0.05) is 28.3 Å². The van der Waals surface area contributed by atoms with Gasteiger partial charge in [-0.1, -0.05) is 49.2 Å². The minimum absolute atomic E-state index is 0.397. The van der Waals surface area contributed by atoms with Gasteiger partial charge in [-0.3, -0.25) is 0 Å². The maximum absolute atomic E-state index is 15.1. The Hall–Kier alpha value is -2.84. The Labute approximate surface area is 188 Å². The van der Waals surface area contributed by atoms with Gasteiger partial charge >= 0.3 is 0 Å². The van der Waals surface area contributed by atoms with Crippen molar-refractivity contribution in [1.29, 1.82) is 0 Å². The Morgan fingerprint density at radius 2 is 2.13 bits per heavy atom. The van der Waals surface area contributed by atoms with Crippen LogP contribution in [0.15, 0.2) is 41.8 Å². The van der Waals surface area contributed by atoms with E-state index in [9.17, 15) is 0 Å². The van der Waals surface area contributed by atoms with Gasteiger partial charge in [0.1, 0.15) is 5.82 Å². The molecule has 0 amide bonds. The van der Waals surface area contributed by atoms with E-state index in [0.29, 0.717) is 41.8 Å². The van der Waals surface area contributed by atoms with E-state index < -0.39 is 5.95 Å². The van der Waals surface area contributed by atoms with E-state index in [1.165, 1.54) is 0 Å². The van der Waals surface area contributed by atoms with Crippen LogP contribution in [0, 0.1) is 5.95 Å². The average Bonchev–Trinajstić information content (AvgIpc) is 3.52. The van der Waals surface area contributed by atoms with E-state index in [0.717, 1.165) is 28.9 Å². The third-order valence-corrected chi connectivity index (χ3v) is 6.23. The lowest BCUT2D eigenvalue weighted by Gasteiger charge is -2.12. The summed E-state index contributed by atoms with van der Waals surface area (Å²) in [6.07, 6.45) is 4.98. The highest BCUT2D eigenvalue weighted by Gasteiger charge is 2.19. The number of H-pyrrole nitrogens is 1. The first-order valence-corrected chi connectivity index (χ1v) is 11.4. The van der Waals surface area contributed by atoms with Gasteiger partial charge in [-0.25, -0.2) is 10.1 Å². The van der Waals surface area contributed by atoms with E-state index in [1.54, 1.807) is 17.4 Å². The molecule has 0 atom stereocenters. The average molecular weight is 457 g/mol. The number of tetrazole rings is 1. The molecule has 0 aliphatic carbocycles. The molecule has 3 aromatic heterocycles. The number of unbranched alkanes of at least 4 members (excludes halogenated alkanes) is 1. The molecule has 1 N–H and O–H groups in total. The normalized spacial score (nSPS) is 11.9. The summed E-state index contributed by atoms with van der Waals surface area (Å²) >= 11 is 8.03. The first-order chi connectivity index (χ1) is 15.2. The van der Waals surface area contributed by atoms with Crippen LogP contribution in [0.3, 0.4) is 0 Å². The second kappa shape index (κ2) is 9.98. The molecule has 0 fully saturated rings. The largest absolute Gasteiger partial charge is 0.321 e. The highest BCUT2D eigenvalue weighted by molar-refractivity contribution is 7.10. The number of halogens is 2. The Morgan fingerprint density at radius 1 is 1.26 bits per heavy atom.